The Kier molecular flexibility index (Phi) is 5.39. The van der Waals surface area contributed by atoms with Crippen LogP contribution in [-0.4, -0.2) is 26.4 Å². The van der Waals surface area contributed by atoms with Crippen molar-refractivity contribution in [3.8, 4) is 0 Å². The molecule has 25 heavy (non-hydrogen) atoms. The van der Waals surface area contributed by atoms with E-state index in [0.29, 0.717) is 17.5 Å². The highest BCUT2D eigenvalue weighted by Gasteiger charge is 2.15. The van der Waals surface area contributed by atoms with E-state index in [1.54, 1.807) is 12.3 Å². The van der Waals surface area contributed by atoms with E-state index in [0.717, 1.165) is 5.56 Å². The first-order valence-electron chi connectivity index (χ1n) is 7.78. The molecule has 0 aliphatic carbocycles. The Bertz CT molecular complexity index is 871. The van der Waals surface area contributed by atoms with Crippen molar-refractivity contribution < 1.29 is 9.21 Å². The van der Waals surface area contributed by atoms with Crippen molar-refractivity contribution >= 4 is 17.7 Å². The van der Waals surface area contributed by atoms with Gasteiger partial charge in [0.1, 0.15) is 5.76 Å². The predicted octanol–water partition coefficient (Wildman–Crippen LogP) is 2.18. The molecule has 2 aromatic heterocycles. The monoisotopic (exact) mass is 358 g/mol. The standard InChI is InChI=1S/C17H18N4O3S/c1-12(14-8-5-9-24-14)18-15(22)11-25-17-20-19-16(23)21(17)10-13-6-3-2-4-7-13/h2-9,12H,10-11H2,1H3,(H,18,22)(H,19,23)/t12-/m1/s1. The lowest BCUT2D eigenvalue weighted by atomic mass is 10.2. The van der Waals surface area contributed by atoms with Crippen LogP contribution in [0.2, 0.25) is 0 Å². The number of hydrogen-bond donors (Lipinski definition) is 2. The number of aromatic amines is 1. The van der Waals surface area contributed by atoms with Gasteiger partial charge in [-0.25, -0.2) is 9.89 Å². The molecule has 1 aromatic carbocycles. The zero-order chi connectivity index (χ0) is 17.6. The maximum atomic E-state index is 12.1. The molecule has 0 saturated carbocycles. The second-order valence-corrected chi connectivity index (χ2v) is 6.42. The van der Waals surface area contributed by atoms with Crippen LogP contribution in [0.25, 0.3) is 0 Å². The number of aromatic nitrogens is 3. The van der Waals surface area contributed by atoms with Crippen molar-refractivity contribution in [2.24, 2.45) is 0 Å². The van der Waals surface area contributed by atoms with Crippen LogP contribution in [0, 0.1) is 0 Å². The van der Waals surface area contributed by atoms with Crippen molar-refractivity contribution in [2.45, 2.75) is 24.7 Å². The van der Waals surface area contributed by atoms with Gasteiger partial charge < -0.3 is 9.73 Å². The van der Waals surface area contributed by atoms with Crippen LogP contribution < -0.4 is 11.0 Å². The van der Waals surface area contributed by atoms with Gasteiger partial charge in [-0.1, -0.05) is 42.1 Å². The zero-order valence-electron chi connectivity index (χ0n) is 13.6. The first-order chi connectivity index (χ1) is 12.1. The maximum absolute atomic E-state index is 12.1. The van der Waals surface area contributed by atoms with Gasteiger partial charge >= 0.3 is 5.69 Å². The summed E-state index contributed by atoms with van der Waals surface area (Å²) in [5.41, 5.74) is 0.694. The highest BCUT2D eigenvalue weighted by molar-refractivity contribution is 7.99. The van der Waals surface area contributed by atoms with Gasteiger partial charge in [0.15, 0.2) is 5.16 Å². The average molecular weight is 358 g/mol. The fraction of sp³-hybridized carbons (Fsp3) is 0.235. The number of thioether (sulfide) groups is 1. The van der Waals surface area contributed by atoms with Crippen molar-refractivity contribution in [3.05, 3.63) is 70.5 Å². The van der Waals surface area contributed by atoms with E-state index in [4.69, 9.17) is 4.42 Å². The third-order valence-corrected chi connectivity index (χ3v) is 4.56. The Morgan fingerprint density at radius 1 is 1.32 bits per heavy atom. The van der Waals surface area contributed by atoms with Gasteiger partial charge in [0, 0.05) is 0 Å². The van der Waals surface area contributed by atoms with Gasteiger partial charge in [0.2, 0.25) is 5.91 Å². The number of H-pyrrole nitrogens is 1. The molecule has 0 spiro atoms. The van der Waals surface area contributed by atoms with E-state index in [2.05, 4.69) is 15.5 Å². The molecule has 1 amide bonds. The molecule has 7 nitrogen and oxygen atoms in total. The minimum absolute atomic E-state index is 0.157. The summed E-state index contributed by atoms with van der Waals surface area (Å²) >= 11 is 1.21. The second-order valence-electron chi connectivity index (χ2n) is 5.48. The summed E-state index contributed by atoms with van der Waals surface area (Å²) in [5, 5.41) is 9.77. The lowest BCUT2D eigenvalue weighted by molar-refractivity contribution is -0.119. The Hall–Kier alpha value is -2.74. The fourth-order valence-corrected chi connectivity index (χ4v) is 3.10. The summed E-state index contributed by atoms with van der Waals surface area (Å²) in [7, 11) is 0. The Morgan fingerprint density at radius 2 is 2.12 bits per heavy atom. The smallest absolute Gasteiger partial charge is 0.344 e. The molecule has 3 rings (SSSR count). The molecule has 0 aliphatic rings. The summed E-state index contributed by atoms with van der Waals surface area (Å²) in [6, 6.07) is 13.0. The first kappa shape index (κ1) is 17.1. The average Bonchev–Trinajstić information content (AvgIpc) is 3.26. The Morgan fingerprint density at radius 3 is 2.84 bits per heavy atom. The van der Waals surface area contributed by atoms with Crippen molar-refractivity contribution in [2.75, 3.05) is 5.75 Å². The number of amides is 1. The van der Waals surface area contributed by atoms with Crippen LogP contribution >= 0.6 is 11.8 Å². The van der Waals surface area contributed by atoms with Crippen LogP contribution in [0.15, 0.2) is 63.1 Å². The number of benzene rings is 1. The molecule has 0 unspecified atom stereocenters. The molecule has 130 valence electrons. The summed E-state index contributed by atoms with van der Waals surface area (Å²) in [4.78, 5) is 24.0. The van der Waals surface area contributed by atoms with E-state index in [1.165, 1.54) is 16.3 Å². The second kappa shape index (κ2) is 7.89. The summed E-state index contributed by atoms with van der Waals surface area (Å²) in [6.07, 6.45) is 1.57. The number of hydrogen-bond acceptors (Lipinski definition) is 5. The summed E-state index contributed by atoms with van der Waals surface area (Å²) < 4.78 is 6.78. The molecule has 0 saturated heterocycles. The number of carbonyl (C=O) groups is 1. The van der Waals surface area contributed by atoms with E-state index in [-0.39, 0.29) is 23.4 Å². The fourth-order valence-electron chi connectivity index (χ4n) is 2.34. The highest BCUT2D eigenvalue weighted by atomic mass is 32.2. The lowest BCUT2D eigenvalue weighted by Crippen LogP contribution is -2.28. The molecule has 0 radical (unpaired) electrons. The topological polar surface area (TPSA) is 92.9 Å². The zero-order valence-corrected chi connectivity index (χ0v) is 14.5. The normalized spacial score (nSPS) is 12.0. The minimum Gasteiger partial charge on any atom is -0.467 e. The molecule has 2 N–H and O–H groups in total. The Labute approximate surface area is 148 Å². The molecule has 2 heterocycles. The molecule has 8 heteroatoms. The van der Waals surface area contributed by atoms with E-state index >= 15 is 0 Å². The lowest BCUT2D eigenvalue weighted by Gasteiger charge is -2.11. The quantitative estimate of drug-likeness (QED) is 0.632. The van der Waals surface area contributed by atoms with Crippen LogP contribution in [0.5, 0.6) is 0 Å². The molecular formula is C17H18N4O3S. The number of nitrogens with one attached hydrogen (secondary N) is 2. The summed E-state index contributed by atoms with van der Waals surface area (Å²) in [6.45, 7) is 2.25. The SMILES string of the molecule is C[C@@H](NC(=O)CSc1n[nH]c(=O)n1Cc1ccccc1)c1ccco1. The third-order valence-electron chi connectivity index (χ3n) is 3.59. The highest BCUT2D eigenvalue weighted by Crippen LogP contribution is 2.16. The number of furan rings is 1. The van der Waals surface area contributed by atoms with E-state index in [1.807, 2.05) is 43.3 Å². The van der Waals surface area contributed by atoms with Crippen LogP contribution in [0.3, 0.4) is 0 Å². The van der Waals surface area contributed by atoms with Gasteiger partial charge in [-0.05, 0) is 24.6 Å². The van der Waals surface area contributed by atoms with Crippen molar-refractivity contribution in [1.82, 2.24) is 20.1 Å². The number of carbonyl (C=O) groups excluding carboxylic acids is 1. The summed E-state index contributed by atoms with van der Waals surface area (Å²) in [5.74, 6) is 0.694. The molecule has 0 aliphatic heterocycles. The van der Waals surface area contributed by atoms with Crippen molar-refractivity contribution in [3.63, 3.8) is 0 Å². The van der Waals surface area contributed by atoms with E-state index < -0.39 is 0 Å². The minimum atomic E-state index is -0.296. The molecule has 1 atom stereocenters. The van der Waals surface area contributed by atoms with Gasteiger partial charge in [0.25, 0.3) is 0 Å². The molecule has 3 aromatic rings. The maximum Gasteiger partial charge on any atom is 0.344 e. The van der Waals surface area contributed by atoms with Gasteiger partial charge in [-0.2, -0.15) is 0 Å². The van der Waals surface area contributed by atoms with Gasteiger partial charge in [0.05, 0.1) is 24.6 Å². The van der Waals surface area contributed by atoms with Gasteiger partial charge in [-0.3, -0.25) is 9.36 Å². The molecule has 0 fully saturated rings. The Balaban J connectivity index is 1.60. The predicted molar refractivity (Wildman–Crippen MR) is 94.4 cm³/mol. The third kappa shape index (κ3) is 4.42. The molecular weight excluding hydrogens is 340 g/mol. The number of rotatable bonds is 7. The van der Waals surface area contributed by atoms with E-state index in [9.17, 15) is 9.59 Å². The van der Waals surface area contributed by atoms with Crippen LogP contribution in [0.4, 0.5) is 0 Å². The van der Waals surface area contributed by atoms with Crippen LogP contribution in [-0.2, 0) is 11.3 Å². The first-order valence-corrected chi connectivity index (χ1v) is 8.76. The molecule has 0 bridgehead atoms. The largest absolute Gasteiger partial charge is 0.467 e. The van der Waals surface area contributed by atoms with Gasteiger partial charge in [-0.15, -0.1) is 5.10 Å². The number of nitrogens with zero attached hydrogens (tertiary/aromatic N) is 2. The van der Waals surface area contributed by atoms with Crippen LogP contribution in [0.1, 0.15) is 24.3 Å². The van der Waals surface area contributed by atoms with Crippen molar-refractivity contribution in [1.29, 1.82) is 0 Å².